The molecular weight excluding hydrogens is 382 g/mol. The number of nitrogens with zero attached hydrogens (tertiary/aromatic N) is 1. The first-order valence-corrected chi connectivity index (χ1v) is 10.4. The monoisotopic (exact) mass is 419 g/mol. The van der Waals surface area contributed by atoms with Crippen molar-refractivity contribution >= 4 is 17.9 Å². The minimum atomic E-state index is -0.804. The molecule has 1 atom stereocenters. The van der Waals surface area contributed by atoms with Crippen LogP contribution in [0, 0.1) is 13.8 Å². The zero-order valence-electron chi connectivity index (χ0n) is 19.8. The molecule has 2 N–H and O–H groups in total. The molecule has 1 aromatic carbocycles. The standard InChI is InChI=1S/C23H37N3O4/c1-14(2)25-21(28)20(19-16(5)11-10-12-17(19)6)26(15(3)4)18(27)13-24-22(29)30-23(7,8)9/h10-12,14-15,20H,13H2,1-9H3,(H,24,29)(H,25,28). The third-order valence-electron chi connectivity index (χ3n) is 4.40. The van der Waals surface area contributed by atoms with E-state index >= 15 is 0 Å². The number of hydrogen-bond donors (Lipinski definition) is 2. The molecule has 0 aromatic heterocycles. The summed E-state index contributed by atoms with van der Waals surface area (Å²) in [4.78, 5) is 39.9. The summed E-state index contributed by atoms with van der Waals surface area (Å²) in [6.45, 7) is 16.3. The van der Waals surface area contributed by atoms with E-state index < -0.39 is 17.7 Å². The molecule has 0 spiro atoms. The summed E-state index contributed by atoms with van der Waals surface area (Å²) in [6.07, 6.45) is -0.671. The first kappa shape index (κ1) is 25.5. The van der Waals surface area contributed by atoms with E-state index in [4.69, 9.17) is 4.74 Å². The molecule has 1 aromatic rings. The van der Waals surface area contributed by atoms with E-state index in [1.54, 1.807) is 20.8 Å². The Balaban J connectivity index is 3.26. The van der Waals surface area contributed by atoms with Crippen LogP contribution in [0.3, 0.4) is 0 Å². The van der Waals surface area contributed by atoms with Gasteiger partial charge in [-0.1, -0.05) is 18.2 Å². The van der Waals surface area contributed by atoms with Gasteiger partial charge in [0.15, 0.2) is 0 Å². The zero-order valence-corrected chi connectivity index (χ0v) is 19.8. The van der Waals surface area contributed by atoms with Crippen molar-refractivity contribution in [1.82, 2.24) is 15.5 Å². The van der Waals surface area contributed by atoms with Gasteiger partial charge in [-0.2, -0.15) is 0 Å². The summed E-state index contributed by atoms with van der Waals surface area (Å²) in [5.74, 6) is -0.607. The molecule has 1 rings (SSSR count). The Bertz CT molecular complexity index is 746. The average molecular weight is 420 g/mol. The van der Waals surface area contributed by atoms with Gasteiger partial charge in [0.25, 0.3) is 0 Å². The Hall–Kier alpha value is -2.57. The second-order valence-corrected chi connectivity index (χ2v) is 9.12. The first-order valence-electron chi connectivity index (χ1n) is 10.4. The van der Waals surface area contributed by atoms with Crippen LogP contribution in [0.25, 0.3) is 0 Å². The van der Waals surface area contributed by atoms with Crippen LogP contribution in [0.4, 0.5) is 4.79 Å². The van der Waals surface area contributed by atoms with Gasteiger partial charge in [-0.25, -0.2) is 4.79 Å². The molecule has 3 amide bonds. The molecule has 0 saturated carbocycles. The maximum absolute atomic E-state index is 13.2. The van der Waals surface area contributed by atoms with Gasteiger partial charge in [-0.15, -0.1) is 0 Å². The molecule has 0 fully saturated rings. The number of hydrogen-bond acceptors (Lipinski definition) is 4. The van der Waals surface area contributed by atoms with Crippen molar-refractivity contribution < 1.29 is 19.1 Å². The summed E-state index contributed by atoms with van der Waals surface area (Å²) >= 11 is 0. The number of benzene rings is 1. The third kappa shape index (κ3) is 7.35. The van der Waals surface area contributed by atoms with Crippen molar-refractivity contribution in [2.24, 2.45) is 0 Å². The third-order valence-corrected chi connectivity index (χ3v) is 4.40. The molecule has 7 heteroatoms. The average Bonchev–Trinajstić information content (AvgIpc) is 2.56. The molecule has 0 aliphatic rings. The highest BCUT2D eigenvalue weighted by Gasteiger charge is 2.35. The van der Waals surface area contributed by atoms with Crippen LogP contribution in [-0.2, 0) is 14.3 Å². The van der Waals surface area contributed by atoms with Crippen molar-refractivity contribution in [1.29, 1.82) is 0 Å². The summed E-state index contributed by atoms with van der Waals surface area (Å²) < 4.78 is 5.21. The Morgan fingerprint density at radius 1 is 1.03 bits per heavy atom. The van der Waals surface area contributed by atoms with Crippen LogP contribution >= 0.6 is 0 Å². The van der Waals surface area contributed by atoms with Crippen LogP contribution in [0.15, 0.2) is 18.2 Å². The van der Waals surface area contributed by atoms with Crippen molar-refractivity contribution in [2.45, 2.75) is 86.0 Å². The van der Waals surface area contributed by atoms with Gasteiger partial charge in [-0.05, 0) is 79.0 Å². The smallest absolute Gasteiger partial charge is 0.408 e. The summed E-state index contributed by atoms with van der Waals surface area (Å²) in [5.41, 5.74) is 1.99. The summed E-state index contributed by atoms with van der Waals surface area (Å²) in [7, 11) is 0. The molecule has 30 heavy (non-hydrogen) atoms. The number of ether oxygens (including phenoxy) is 1. The molecular formula is C23H37N3O4. The predicted octanol–water partition coefficient (Wildman–Crippen LogP) is 3.63. The lowest BCUT2D eigenvalue weighted by Gasteiger charge is -2.36. The number of alkyl carbamates (subject to hydrolysis) is 1. The van der Waals surface area contributed by atoms with E-state index in [9.17, 15) is 14.4 Å². The van der Waals surface area contributed by atoms with Crippen LogP contribution in [0.5, 0.6) is 0 Å². The van der Waals surface area contributed by atoms with Gasteiger partial charge in [0, 0.05) is 12.1 Å². The Morgan fingerprint density at radius 3 is 2.00 bits per heavy atom. The lowest BCUT2D eigenvalue weighted by molar-refractivity contribution is -0.142. The number of nitrogens with one attached hydrogen (secondary N) is 2. The number of aryl methyl sites for hydroxylation is 2. The van der Waals surface area contributed by atoms with Gasteiger partial charge in [-0.3, -0.25) is 9.59 Å². The van der Waals surface area contributed by atoms with Crippen molar-refractivity contribution in [3.8, 4) is 0 Å². The van der Waals surface area contributed by atoms with Crippen LogP contribution in [-0.4, -0.2) is 47.0 Å². The van der Waals surface area contributed by atoms with Crippen LogP contribution < -0.4 is 10.6 Å². The van der Waals surface area contributed by atoms with E-state index in [1.165, 1.54) is 4.90 Å². The highest BCUT2D eigenvalue weighted by Crippen LogP contribution is 2.29. The number of carbonyl (C=O) groups is 3. The minimum absolute atomic E-state index is 0.0756. The maximum atomic E-state index is 13.2. The predicted molar refractivity (Wildman–Crippen MR) is 118 cm³/mol. The highest BCUT2D eigenvalue weighted by molar-refractivity contribution is 5.91. The molecule has 0 aliphatic heterocycles. The largest absolute Gasteiger partial charge is 0.444 e. The minimum Gasteiger partial charge on any atom is -0.444 e. The lowest BCUT2D eigenvalue weighted by Crippen LogP contribution is -2.51. The van der Waals surface area contributed by atoms with E-state index in [1.807, 2.05) is 59.7 Å². The molecule has 1 unspecified atom stereocenters. The van der Waals surface area contributed by atoms with E-state index in [0.29, 0.717) is 0 Å². The van der Waals surface area contributed by atoms with Crippen molar-refractivity contribution in [2.75, 3.05) is 6.54 Å². The molecule has 0 heterocycles. The number of rotatable bonds is 7. The number of carbonyl (C=O) groups excluding carboxylic acids is 3. The normalized spacial score (nSPS) is 12.5. The summed E-state index contributed by atoms with van der Waals surface area (Å²) in [6, 6.07) is 4.64. The molecule has 0 bridgehead atoms. The van der Waals surface area contributed by atoms with Gasteiger partial charge in [0.1, 0.15) is 18.2 Å². The fourth-order valence-corrected chi connectivity index (χ4v) is 3.30. The second-order valence-electron chi connectivity index (χ2n) is 9.12. The van der Waals surface area contributed by atoms with Crippen LogP contribution in [0.1, 0.15) is 71.2 Å². The van der Waals surface area contributed by atoms with Crippen LogP contribution in [0.2, 0.25) is 0 Å². The van der Waals surface area contributed by atoms with Crippen molar-refractivity contribution in [3.63, 3.8) is 0 Å². The zero-order chi connectivity index (χ0) is 23.2. The van der Waals surface area contributed by atoms with E-state index in [-0.39, 0.29) is 30.4 Å². The maximum Gasteiger partial charge on any atom is 0.408 e. The quantitative estimate of drug-likeness (QED) is 0.706. The van der Waals surface area contributed by atoms with E-state index in [0.717, 1.165) is 16.7 Å². The first-order chi connectivity index (χ1) is 13.7. The van der Waals surface area contributed by atoms with Gasteiger partial charge in [0.05, 0.1) is 0 Å². The molecule has 7 nitrogen and oxygen atoms in total. The topological polar surface area (TPSA) is 87.7 Å². The lowest BCUT2D eigenvalue weighted by atomic mass is 9.93. The van der Waals surface area contributed by atoms with Gasteiger partial charge >= 0.3 is 6.09 Å². The fraction of sp³-hybridized carbons (Fsp3) is 0.609. The molecule has 0 aliphatic carbocycles. The number of amides is 3. The van der Waals surface area contributed by atoms with Crippen molar-refractivity contribution in [3.05, 3.63) is 34.9 Å². The van der Waals surface area contributed by atoms with E-state index in [2.05, 4.69) is 10.6 Å². The van der Waals surface area contributed by atoms with Gasteiger partial charge < -0.3 is 20.3 Å². The SMILES string of the molecule is Cc1cccc(C)c1C(C(=O)NC(C)C)N(C(=O)CNC(=O)OC(C)(C)C)C(C)C. The Morgan fingerprint density at radius 2 is 1.57 bits per heavy atom. The Kier molecular flexibility index (Phi) is 8.88. The fourth-order valence-electron chi connectivity index (χ4n) is 3.30. The molecule has 0 saturated heterocycles. The molecule has 0 radical (unpaired) electrons. The highest BCUT2D eigenvalue weighted by atomic mass is 16.6. The Labute approximate surface area is 180 Å². The van der Waals surface area contributed by atoms with Gasteiger partial charge in [0.2, 0.25) is 11.8 Å². The second kappa shape index (κ2) is 10.5. The summed E-state index contributed by atoms with van der Waals surface area (Å²) in [5, 5.41) is 5.44. The molecule has 168 valence electrons.